The van der Waals surface area contributed by atoms with E-state index in [1.807, 2.05) is 0 Å². The summed E-state index contributed by atoms with van der Waals surface area (Å²) < 4.78 is 0. The van der Waals surface area contributed by atoms with E-state index >= 15 is 0 Å². The van der Waals surface area contributed by atoms with Gasteiger partial charge in [0.05, 0.1) is 0 Å². The Morgan fingerprint density at radius 3 is 2.06 bits per heavy atom. The maximum Gasteiger partial charge on any atom is 0.0270 e. The first-order chi connectivity index (χ1) is 7.54. The number of hydrogen-bond acceptors (Lipinski definition) is 2. The van der Waals surface area contributed by atoms with Gasteiger partial charge >= 0.3 is 0 Å². The SMILES string of the molecule is CC1(C)CC(C)(C)C2CN(C(C)(C)C)NCC21. The molecule has 2 atom stereocenters. The van der Waals surface area contributed by atoms with E-state index in [1.165, 1.54) is 13.0 Å². The largest absolute Gasteiger partial charge is 0.254 e. The number of hydrogen-bond donors (Lipinski definition) is 1. The van der Waals surface area contributed by atoms with Crippen LogP contribution in [0.2, 0.25) is 0 Å². The van der Waals surface area contributed by atoms with Crippen LogP contribution in [0.1, 0.15) is 54.9 Å². The van der Waals surface area contributed by atoms with Crippen molar-refractivity contribution in [3.05, 3.63) is 0 Å². The van der Waals surface area contributed by atoms with E-state index in [2.05, 4.69) is 58.9 Å². The lowest BCUT2D eigenvalue weighted by Crippen LogP contribution is -2.60. The number of hydrazine groups is 1. The quantitative estimate of drug-likeness (QED) is 0.696. The van der Waals surface area contributed by atoms with Crippen LogP contribution in [-0.2, 0) is 0 Å². The van der Waals surface area contributed by atoms with Gasteiger partial charge in [-0.1, -0.05) is 27.7 Å². The van der Waals surface area contributed by atoms with Crippen molar-refractivity contribution in [2.45, 2.75) is 60.4 Å². The molecule has 1 aliphatic carbocycles. The van der Waals surface area contributed by atoms with Crippen molar-refractivity contribution in [1.29, 1.82) is 0 Å². The van der Waals surface area contributed by atoms with Crippen molar-refractivity contribution >= 4 is 0 Å². The maximum absolute atomic E-state index is 3.66. The third-order valence-corrected chi connectivity index (χ3v) is 5.10. The van der Waals surface area contributed by atoms with Crippen molar-refractivity contribution in [1.82, 2.24) is 10.4 Å². The molecule has 0 amide bonds. The van der Waals surface area contributed by atoms with Gasteiger partial charge in [0.15, 0.2) is 0 Å². The minimum absolute atomic E-state index is 0.230. The van der Waals surface area contributed by atoms with Gasteiger partial charge in [0.2, 0.25) is 0 Å². The van der Waals surface area contributed by atoms with E-state index < -0.39 is 0 Å². The highest BCUT2D eigenvalue weighted by Gasteiger charge is 2.54. The molecule has 0 spiro atoms. The number of nitrogens with one attached hydrogen (secondary N) is 1. The van der Waals surface area contributed by atoms with Gasteiger partial charge in [-0.3, -0.25) is 5.43 Å². The second kappa shape index (κ2) is 3.71. The molecule has 1 saturated heterocycles. The van der Waals surface area contributed by atoms with Crippen molar-refractivity contribution in [2.24, 2.45) is 22.7 Å². The summed E-state index contributed by atoms with van der Waals surface area (Å²) in [6.45, 7) is 19.1. The monoisotopic (exact) mass is 238 g/mol. The van der Waals surface area contributed by atoms with Crippen LogP contribution in [-0.4, -0.2) is 23.6 Å². The fraction of sp³-hybridized carbons (Fsp3) is 1.00. The van der Waals surface area contributed by atoms with E-state index in [0.717, 1.165) is 18.4 Å². The summed E-state index contributed by atoms with van der Waals surface area (Å²) in [5.74, 6) is 1.66. The van der Waals surface area contributed by atoms with Crippen molar-refractivity contribution in [2.75, 3.05) is 13.1 Å². The molecule has 2 nitrogen and oxygen atoms in total. The molecule has 1 aliphatic heterocycles. The lowest BCUT2D eigenvalue weighted by molar-refractivity contribution is -0.0277. The maximum atomic E-state index is 3.66. The van der Waals surface area contributed by atoms with E-state index in [0.29, 0.717) is 10.8 Å². The molecule has 1 N–H and O–H groups in total. The number of rotatable bonds is 0. The van der Waals surface area contributed by atoms with Gasteiger partial charge in [0.1, 0.15) is 0 Å². The van der Waals surface area contributed by atoms with Crippen LogP contribution in [0.4, 0.5) is 0 Å². The summed E-state index contributed by atoms with van der Waals surface area (Å²) >= 11 is 0. The fourth-order valence-electron chi connectivity index (χ4n) is 4.30. The summed E-state index contributed by atoms with van der Waals surface area (Å²) in [5, 5.41) is 2.46. The van der Waals surface area contributed by atoms with E-state index in [4.69, 9.17) is 0 Å². The van der Waals surface area contributed by atoms with E-state index in [1.54, 1.807) is 0 Å². The molecule has 2 rings (SSSR count). The lowest BCUT2D eigenvalue weighted by atomic mass is 9.75. The molecule has 100 valence electrons. The molecule has 0 aromatic carbocycles. The standard InChI is InChI=1S/C15H30N2/c1-13(2,3)17-9-12-11(8-16-17)14(4,5)10-15(12,6)7/h11-12,16H,8-10H2,1-7H3. The third kappa shape index (κ3) is 2.26. The first-order valence-electron chi connectivity index (χ1n) is 7.05. The van der Waals surface area contributed by atoms with Crippen LogP contribution in [0, 0.1) is 22.7 Å². The number of fused-ring (bicyclic) bond motifs is 1. The lowest BCUT2D eigenvalue weighted by Gasteiger charge is -2.47. The Morgan fingerprint density at radius 1 is 1.00 bits per heavy atom. The second-order valence-corrected chi connectivity index (χ2v) is 8.51. The Morgan fingerprint density at radius 2 is 1.53 bits per heavy atom. The molecule has 2 aliphatic rings. The molecule has 0 aromatic heterocycles. The van der Waals surface area contributed by atoms with Gasteiger partial charge < -0.3 is 0 Å². The highest BCUT2D eigenvalue weighted by molar-refractivity contribution is 5.04. The van der Waals surface area contributed by atoms with Crippen LogP contribution in [0.15, 0.2) is 0 Å². The molecule has 0 bridgehead atoms. The average molecular weight is 238 g/mol. The zero-order valence-electron chi connectivity index (χ0n) is 12.7. The van der Waals surface area contributed by atoms with Crippen LogP contribution < -0.4 is 5.43 Å². The summed E-state index contributed by atoms with van der Waals surface area (Å²) in [6.07, 6.45) is 1.36. The smallest absolute Gasteiger partial charge is 0.0270 e. The predicted molar refractivity (Wildman–Crippen MR) is 73.6 cm³/mol. The Labute approximate surface area is 107 Å². The average Bonchev–Trinajstić information content (AvgIpc) is 2.31. The number of nitrogens with zero attached hydrogens (tertiary/aromatic N) is 1. The molecule has 2 unspecified atom stereocenters. The third-order valence-electron chi connectivity index (χ3n) is 5.10. The molecule has 1 saturated carbocycles. The van der Waals surface area contributed by atoms with Gasteiger partial charge in [0.25, 0.3) is 0 Å². The van der Waals surface area contributed by atoms with Crippen molar-refractivity contribution in [3.8, 4) is 0 Å². The van der Waals surface area contributed by atoms with Gasteiger partial charge in [-0.2, -0.15) is 0 Å². The van der Waals surface area contributed by atoms with Crippen LogP contribution in [0.5, 0.6) is 0 Å². The highest BCUT2D eigenvalue weighted by Crippen LogP contribution is 2.57. The van der Waals surface area contributed by atoms with E-state index in [9.17, 15) is 0 Å². The van der Waals surface area contributed by atoms with Gasteiger partial charge in [0, 0.05) is 18.6 Å². The zero-order chi connectivity index (χ0) is 13.1. The molecular formula is C15H30N2. The van der Waals surface area contributed by atoms with E-state index in [-0.39, 0.29) is 5.54 Å². The zero-order valence-corrected chi connectivity index (χ0v) is 12.7. The summed E-state index contributed by atoms with van der Waals surface area (Å²) in [4.78, 5) is 0. The topological polar surface area (TPSA) is 15.3 Å². The molecule has 2 fully saturated rings. The Hall–Kier alpha value is -0.0800. The van der Waals surface area contributed by atoms with Crippen LogP contribution >= 0.6 is 0 Å². The second-order valence-electron chi connectivity index (χ2n) is 8.51. The van der Waals surface area contributed by atoms with Crippen LogP contribution in [0.25, 0.3) is 0 Å². The molecule has 17 heavy (non-hydrogen) atoms. The first-order valence-corrected chi connectivity index (χ1v) is 7.05. The Kier molecular flexibility index (Phi) is 2.91. The van der Waals surface area contributed by atoms with Gasteiger partial charge in [-0.25, -0.2) is 5.01 Å². The minimum atomic E-state index is 0.230. The normalized spacial score (nSPS) is 36.9. The molecule has 1 heterocycles. The van der Waals surface area contributed by atoms with Crippen LogP contribution in [0.3, 0.4) is 0 Å². The molecule has 0 aromatic rings. The summed E-state index contributed by atoms with van der Waals surface area (Å²) in [7, 11) is 0. The molecule has 2 heteroatoms. The molecule has 0 radical (unpaired) electrons. The Bertz CT molecular complexity index is 299. The van der Waals surface area contributed by atoms with Crippen molar-refractivity contribution in [3.63, 3.8) is 0 Å². The summed E-state index contributed by atoms with van der Waals surface area (Å²) in [6, 6.07) is 0. The predicted octanol–water partition coefficient (Wildman–Crippen LogP) is 3.29. The van der Waals surface area contributed by atoms with Gasteiger partial charge in [-0.15, -0.1) is 0 Å². The van der Waals surface area contributed by atoms with Crippen molar-refractivity contribution < 1.29 is 0 Å². The first kappa shape index (κ1) is 13.4. The molecular weight excluding hydrogens is 208 g/mol. The minimum Gasteiger partial charge on any atom is -0.254 e. The van der Waals surface area contributed by atoms with Gasteiger partial charge in [-0.05, 0) is 49.9 Å². The highest BCUT2D eigenvalue weighted by atomic mass is 15.5. The summed E-state index contributed by atoms with van der Waals surface area (Å²) in [5.41, 5.74) is 4.86. The Balaban J connectivity index is 2.20. The fourth-order valence-corrected chi connectivity index (χ4v) is 4.30.